The molecule has 2 aromatic heterocycles. The highest BCUT2D eigenvalue weighted by Crippen LogP contribution is 2.43. The van der Waals surface area contributed by atoms with Crippen LogP contribution in [0.2, 0.25) is 0 Å². The van der Waals surface area contributed by atoms with Crippen molar-refractivity contribution in [3.05, 3.63) is 6.20 Å². The first-order valence-corrected chi connectivity index (χ1v) is 8.08. The van der Waals surface area contributed by atoms with E-state index in [1.165, 1.54) is 14.0 Å². The van der Waals surface area contributed by atoms with E-state index in [1.54, 1.807) is 10.8 Å². The summed E-state index contributed by atoms with van der Waals surface area (Å²) in [6.07, 6.45) is -1.28. The van der Waals surface area contributed by atoms with Crippen molar-refractivity contribution in [3.8, 4) is 6.01 Å². The van der Waals surface area contributed by atoms with Crippen molar-refractivity contribution in [2.45, 2.75) is 31.0 Å². The lowest BCUT2D eigenvalue weighted by Crippen LogP contribution is -2.44. The summed E-state index contributed by atoms with van der Waals surface area (Å²) < 4.78 is 12.5. The normalized spacial score (nSPS) is 31.5. The molecule has 10 heteroatoms. The van der Waals surface area contributed by atoms with Crippen molar-refractivity contribution in [1.29, 1.82) is 0 Å². The van der Waals surface area contributed by atoms with Crippen LogP contribution in [0, 0.1) is 0 Å². The fourth-order valence-electron chi connectivity index (χ4n) is 3.43. The Labute approximate surface area is 143 Å². The Morgan fingerprint density at radius 2 is 2.16 bits per heavy atom. The average molecular weight is 351 g/mol. The minimum absolute atomic E-state index is 0.180. The predicted octanol–water partition coefficient (Wildman–Crippen LogP) is -0.721. The zero-order chi connectivity index (χ0) is 17.8. The van der Waals surface area contributed by atoms with Crippen molar-refractivity contribution >= 4 is 22.5 Å². The molecule has 136 valence electrons. The number of aliphatic hydroxyl groups excluding tert-OH is 2. The number of anilines is 2. The summed E-state index contributed by atoms with van der Waals surface area (Å²) in [7, 11) is 1.48. The molecule has 1 saturated heterocycles. The number of hydrogen-bond acceptors (Lipinski definition) is 9. The summed E-state index contributed by atoms with van der Waals surface area (Å²) in [6, 6.07) is 0.180. The van der Waals surface area contributed by atoms with E-state index in [0.717, 1.165) is 11.1 Å². The van der Waals surface area contributed by atoms with Gasteiger partial charge in [-0.3, -0.25) is 0 Å². The van der Waals surface area contributed by atoms with Crippen LogP contribution < -0.4 is 15.4 Å². The molecule has 2 aliphatic rings. The third-order valence-corrected chi connectivity index (χ3v) is 4.75. The average Bonchev–Trinajstić information content (AvgIpc) is 2.96. The Balaban J connectivity index is 1.91. The second-order valence-corrected chi connectivity index (χ2v) is 6.44. The molecule has 4 rings (SSSR count). The van der Waals surface area contributed by atoms with Crippen molar-refractivity contribution < 1.29 is 24.8 Å². The van der Waals surface area contributed by atoms with Crippen LogP contribution in [-0.4, -0.2) is 74.5 Å². The molecule has 5 N–H and O–H groups in total. The Hall–Kier alpha value is -2.14. The van der Waals surface area contributed by atoms with Gasteiger partial charge in [0.05, 0.1) is 24.8 Å². The van der Waals surface area contributed by atoms with Crippen molar-refractivity contribution in [3.63, 3.8) is 0 Å². The standard InChI is InChI=1S/C15H21N5O5/c1-15(23)10(22)8(6-21)25-13(15)20-5-7-9-11(17-4-3-16-7)18-14(24-2)19-12(9)20/h5,8,10,13,16,21-23H,3-4,6H2,1-2H3,(H,17,18,19)/t8-,10-,13?,15?/m1/s1. The molecule has 4 atom stereocenters. The third-order valence-electron chi connectivity index (χ3n) is 4.75. The van der Waals surface area contributed by atoms with Crippen LogP contribution in [0.4, 0.5) is 11.5 Å². The topological polar surface area (TPSA) is 134 Å². The van der Waals surface area contributed by atoms with Gasteiger partial charge in [-0.25, -0.2) is 0 Å². The lowest BCUT2D eigenvalue weighted by Gasteiger charge is -2.27. The van der Waals surface area contributed by atoms with E-state index in [9.17, 15) is 15.3 Å². The molecule has 0 aliphatic carbocycles. The van der Waals surface area contributed by atoms with Crippen LogP contribution in [0.3, 0.4) is 0 Å². The highest BCUT2D eigenvalue weighted by Gasteiger charge is 2.53. The molecule has 2 unspecified atom stereocenters. The lowest BCUT2D eigenvalue weighted by molar-refractivity contribution is -0.0948. The van der Waals surface area contributed by atoms with E-state index in [4.69, 9.17) is 9.47 Å². The van der Waals surface area contributed by atoms with Crippen LogP contribution in [0.25, 0.3) is 11.0 Å². The molecule has 0 bridgehead atoms. The van der Waals surface area contributed by atoms with Crippen LogP contribution in [-0.2, 0) is 4.74 Å². The van der Waals surface area contributed by atoms with Crippen LogP contribution in [0.1, 0.15) is 13.2 Å². The van der Waals surface area contributed by atoms with Gasteiger partial charge in [0.25, 0.3) is 0 Å². The first-order valence-electron chi connectivity index (χ1n) is 8.08. The van der Waals surface area contributed by atoms with E-state index in [2.05, 4.69) is 20.6 Å². The summed E-state index contributed by atoms with van der Waals surface area (Å²) in [5.41, 5.74) is -0.319. The molecule has 4 heterocycles. The van der Waals surface area contributed by atoms with Gasteiger partial charge in [-0.05, 0) is 6.92 Å². The number of aliphatic hydroxyl groups is 3. The SMILES string of the molecule is COc1nc2c3c(cn(C4O[C@H](CO)[C@@H](O)C4(C)O)c3n1)NCCN2. The molecule has 10 nitrogen and oxygen atoms in total. The number of hydrogen-bond donors (Lipinski definition) is 5. The Morgan fingerprint density at radius 1 is 1.40 bits per heavy atom. The summed E-state index contributed by atoms with van der Waals surface area (Å²) in [5, 5.41) is 37.7. The van der Waals surface area contributed by atoms with Gasteiger partial charge in [0.2, 0.25) is 0 Å². The number of ether oxygens (including phenoxy) is 2. The van der Waals surface area contributed by atoms with E-state index >= 15 is 0 Å². The zero-order valence-corrected chi connectivity index (χ0v) is 13.9. The quantitative estimate of drug-likeness (QED) is 0.485. The molecular weight excluding hydrogens is 330 g/mol. The third kappa shape index (κ3) is 2.33. The molecule has 25 heavy (non-hydrogen) atoms. The Kier molecular flexibility index (Phi) is 3.72. The fraction of sp³-hybridized carbons (Fsp3) is 0.600. The van der Waals surface area contributed by atoms with Gasteiger partial charge in [-0.2, -0.15) is 9.97 Å². The predicted molar refractivity (Wildman–Crippen MR) is 88.7 cm³/mol. The molecule has 0 aromatic carbocycles. The maximum Gasteiger partial charge on any atom is 0.320 e. The number of methoxy groups -OCH3 is 1. The first-order chi connectivity index (χ1) is 12.0. The molecule has 2 aliphatic heterocycles. The fourth-order valence-corrected chi connectivity index (χ4v) is 3.43. The number of nitrogens with one attached hydrogen (secondary N) is 2. The van der Waals surface area contributed by atoms with Crippen molar-refractivity contribution in [2.75, 3.05) is 37.4 Å². The first kappa shape index (κ1) is 16.3. The number of aromatic nitrogens is 3. The molecule has 1 fully saturated rings. The zero-order valence-electron chi connectivity index (χ0n) is 13.9. The largest absolute Gasteiger partial charge is 0.467 e. The molecule has 0 radical (unpaired) electrons. The van der Waals surface area contributed by atoms with Gasteiger partial charge in [-0.1, -0.05) is 0 Å². The molecule has 2 aromatic rings. The number of nitrogens with zero attached hydrogens (tertiary/aromatic N) is 3. The van der Waals surface area contributed by atoms with E-state index in [-0.39, 0.29) is 6.01 Å². The van der Waals surface area contributed by atoms with Gasteiger partial charge in [0, 0.05) is 19.3 Å². The van der Waals surface area contributed by atoms with Gasteiger partial charge in [0.15, 0.2) is 11.9 Å². The summed E-state index contributed by atoms with van der Waals surface area (Å²) in [4.78, 5) is 8.74. The van der Waals surface area contributed by atoms with Gasteiger partial charge in [-0.15, -0.1) is 0 Å². The second kappa shape index (κ2) is 5.70. The van der Waals surface area contributed by atoms with E-state index in [1.807, 2.05) is 0 Å². The van der Waals surface area contributed by atoms with E-state index in [0.29, 0.717) is 24.6 Å². The second-order valence-electron chi connectivity index (χ2n) is 6.44. The van der Waals surface area contributed by atoms with Crippen LogP contribution in [0.15, 0.2) is 6.20 Å². The van der Waals surface area contributed by atoms with Gasteiger partial charge in [0.1, 0.15) is 23.6 Å². The summed E-state index contributed by atoms with van der Waals surface area (Å²) in [5.74, 6) is 0.623. The highest BCUT2D eigenvalue weighted by atomic mass is 16.6. The summed E-state index contributed by atoms with van der Waals surface area (Å²) in [6.45, 7) is 2.44. The smallest absolute Gasteiger partial charge is 0.320 e. The molecule has 0 spiro atoms. The van der Waals surface area contributed by atoms with Crippen molar-refractivity contribution in [2.24, 2.45) is 0 Å². The highest BCUT2D eigenvalue weighted by molar-refractivity contribution is 6.00. The maximum absolute atomic E-state index is 10.8. The Bertz CT molecular complexity index is 807. The van der Waals surface area contributed by atoms with Crippen molar-refractivity contribution in [1.82, 2.24) is 14.5 Å². The van der Waals surface area contributed by atoms with Gasteiger partial charge >= 0.3 is 6.01 Å². The number of rotatable bonds is 3. The maximum atomic E-state index is 10.8. The minimum atomic E-state index is -1.60. The van der Waals surface area contributed by atoms with E-state index < -0.39 is 30.6 Å². The minimum Gasteiger partial charge on any atom is -0.467 e. The van der Waals surface area contributed by atoms with Crippen LogP contribution in [0.5, 0.6) is 6.01 Å². The summed E-state index contributed by atoms with van der Waals surface area (Å²) >= 11 is 0. The monoisotopic (exact) mass is 351 g/mol. The lowest BCUT2D eigenvalue weighted by atomic mass is 9.96. The molecular formula is C15H21N5O5. The Morgan fingerprint density at radius 3 is 2.84 bits per heavy atom. The molecule has 0 amide bonds. The van der Waals surface area contributed by atoms with Crippen LogP contribution >= 0.6 is 0 Å². The molecule has 0 saturated carbocycles. The van der Waals surface area contributed by atoms with Gasteiger partial charge < -0.3 is 40.0 Å².